The van der Waals surface area contributed by atoms with Gasteiger partial charge in [-0.2, -0.15) is 23.3 Å². The molecule has 9 nitrogen and oxygen atoms in total. The van der Waals surface area contributed by atoms with Crippen LogP contribution >= 0.6 is 0 Å². The molecule has 0 saturated carbocycles. The van der Waals surface area contributed by atoms with E-state index in [9.17, 15) is 28.8 Å². The number of allylic oxidation sites excluding steroid dienone is 42. The van der Waals surface area contributed by atoms with Gasteiger partial charge < -0.3 is 129 Å². The standard InChI is InChI=1S/2C14H12.C13H12O2.C13H10O.C10H15NO.C5H4O.C4H6O3.5Y/c2*1-2-3-6-12-9-10-14(11-12)13-7-4-5-8-13;1-2-3-8-12(14)9-10-13(15)11-6-4-5-7-11;1-2-3-8-12-9-10-13(14-12)11-6-4-5-7-11;1-11(2)8-7-10(12)9-5-3-4-6-9;1-2-3-4-5-6;1-3(5)7-4(2)6;;;;;/h2*1-5,7,9-10H,8,11H2;1-6H,7,9-10H2;1-6,9-10H,7H2;3-5H,6-8H2,1-2H3;1-3,5H;1-2H3;;;;;/q4*-2;;-2;;;;;;. The smallest absolute Gasteiger partial charge is 0.310 e. The van der Waals surface area contributed by atoms with E-state index in [0.29, 0.717) is 24.9 Å². The Hall–Kier alpha value is -3.66. The van der Waals surface area contributed by atoms with Gasteiger partial charge in [-0.05, 0) is 99.1 Å². The Morgan fingerprint density at radius 2 is 0.931 bits per heavy atom. The molecule has 0 spiro atoms. The summed E-state index contributed by atoms with van der Waals surface area (Å²) in [7, 11) is 3.96. The van der Waals surface area contributed by atoms with Gasteiger partial charge in [0, 0.05) is 209 Å². The maximum Gasteiger partial charge on any atom is 0.310 e. The summed E-state index contributed by atoms with van der Waals surface area (Å²) in [5, 5.41) is 0. The number of Topliss-reactive ketones (excluding diaryl/α,β-unsaturated/α-hetero) is 3. The molecule has 0 aliphatic heterocycles. The van der Waals surface area contributed by atoms with Crippen LogP contribution < -0.4 is 0 Å². The van der Waals surface area contributed by atoms with Crippen molar-refractivity contribution in [3.05, 3.63) is 308 Å². The summed E-state index contributed by atoms with van der Waals surface area (Å²) in [6.07, 6.45) is 75.9. The molecule has 0 amide bonds. The number of ketones is 3. The molecule has 441 valence electrons. The van der Waals surface area contributed by atoms with Crippen molar-refractivity contribution in [2.75, 3.05) is 20.6 Å². The van der Waals surface area contributed by atoms with Gasteiger partial charge in [0.25, 0.3) is 0 Å². The Kier molecular flexibility index (Phi) is 59.3. The first-order valence-electron chi connectivity index (χ1n) is 26.4. The van der Waals surface area contributed by atoms with Gasteiger partial charge in [-0.1, -0.05) is 108 Å². The van der Waals surface area contributed by atoms with Crippen LogP contribution in [-0.4, -0.2) is 61.1 Å². The minimum Gasteiger partial charge on any atom is -0.486 e. The Morgan fingerprint density at radius 3 is 1.30 bits per heavy atom. The van der Waals surface area contributed by atoms with Crippen molar-refractivity contribution >= 4 is 41.1 Å². The van der Waals surface area contributed by atoms with Crippen LogP contribution in [0.4, 0.5) is 0 Å². The van der Waals surface area contributed by atoms with Crippen molar-refractivity contribution in [2.24, 2.45) is 0 Å². The zero-order valence-electron chi connectivity index (χ0n) is 50.2. The van der Waals surface area contributed by atoms with E-state index < -0.39 is 11.9 Å². The summed E-state index contributed by atoms with van der Waals surface area (Å²) in [5.41, 5.74) is 11.0. The monoisotopic (exact) mass is 1530 g/mol. The average molecular weight is 1530 g/mol. The van der Waals surface area contributed by atoms with Crippen LogP contribution in [-0.2, 0) is 197 Å². The number of hydrogen-bond donors (Lipinski definition) is 0. The number of esters is 2. The fraction of sp³-hybridized carbons (Fsp3) is 0.205. The third kappa shape index (κ3) is 42.9. The molecule has 0 unspecified atom stereocenters. The average Bonchev–Trinajstić information content (AvgIpc) is 4.52. The first kappa shape index (κ1) is 89.8. The second-order valence-electron chi connectivity index (χ2n) is 18.0. The van der Waals surface area contributed by atoms with Crippen LogP contribution in [0.5, 0.6) is 0 Å². The summed E-state index contributed by atoms with van der Waals surface area (Å²) in [5.74, 6) is 0.606. The van der Waals surface area contributed by atoms with Gasteiger partial charge in [0.1, 0.15) is 5.76 Å². The Labute approximate surface area is 645 Å². The molecule has 1 aromatic rings. The van der Waals surface area contributed by atoms with Crippen molar-refractivity contribution in [3.8, 4) is 0 Å². The van der Waals surface area contributed by atoms with Crippen LogP contribution in [0.25, 0.3) is 5.57 Å². The van der Waals surface area contributed by atoms with Gasteiger partial charge >= 0.3 is 11.9 Å². The number of hydrogen-bond acceptors (Lipinski definition) is 9. The van der Waals surface area contributed by atoms with Crippen LogP contribution in [0.1, 0.15) is 89.6 Å². The van der Waals surface area contributed by atoms with Crippen molar-refractivity contribution in [1.29, 1.82) is 0 Å². The largest absolute Gasteiger partial charge is 0.486 e. The van der Waals surface area contributed by atoms with E-state index in [1.54, 1.807) is 24.3 Å². The van der Waals surface area contributed by atoms with E-state index in [2.05, 4.69) is 108 Å². The van der Waals surface area contributed by atoms with Gasteiger partial charge in [-0.15, -0.1) is 18.2 Å². The molecule has 7 aliphatic carbocycles. The summed E-state index contributed by atoms with van der Waals surface area (Å²) < 4.78 is 9.52. The Balaban J connectivity index is -0.000000465. The Morgan fingerprint density at radius 1 is 0.506 bits per heavy atom. The van der Waals surface area contributed by atoms with Gasteiger partial charge in [0.2, 0.25) is 0 Å². The molecule has 0 N–H and O–H groups in total. The molecule has 1 aromatic heterocycles. The maximum atomic E-state index is 11.5. The topological polar surface area (TPSA) is 128 Å². The first-order chi connectivity index (χ1) is 39.7. The summed E-state index contributed by atoms with van der Waals surface area (Å²) >= 11 is 0. The number of rotatable bonds is 21. The first-order valence-corrected chi connectivity index (χ1v) is 26.4. The van der Waals surface area contributed by atoms with E-state index in [4.69, 9.17) is 37.3 Å². The van der Waals surface area contributed by atoms with Gasteiger partial charge in [0.15, 0.2) is 11.6 Å². The van der Waals surface area contributed by atoms with Crippen LogP contribution in [0.15, 0.2) is 237 Å². The summed E-state index contributed by atoms with van der Waals surface area (Å²) in [6, 6.07) is 3.83. The van der Waals surface area contributed by atoms with Crippen LogP contribution in [0.3, 0.4) is 0 Å². The zero-order chi connectivity index (χ0) is 60.2. The summed E-state index contributed by atoms with van der Waals surface area (Å²) in [6.45, 7) is 28.8. The molecule has 0 bridgehead atoms. The van der Waals surface area contributed by atoms with Crippen molar-refractivity contribution in [2.45, 2.75) is 78.1 Å². The van der Waals surface area contributed by atoms with Crippen molar-refractivity contribution < 1.29 is 201 Å². The number of ether oxygens (including phenoxy) is 1. The van der Waals surface area contributed by atoms with E-state index in [0.717, 1.165) is 62.0 Å². The molecule has 7 aliphatic rings. The fourth-order valence-corrected chi connectivity index (χ4v) is 7.41. The maximum absolute atomic E-state index is 11.5. The molecule has 5 radical (unpaired) electrons. The predicted molar refractivity (Wildman–Crippen MR) is 328 cm³/mol. The minimum atomic E-state index is -0.562. The second kappa shape index (κ2) is 57.5. The molecule has 87 heavy (non-hydrogen) atoms. The molecule has 0 fully saturated rings. The minimum absolute atomic E-state index is 0. The van der Waals surface area contributed by atoms with E-state index >= 15 is 0 Å². The van der Waals surface area contributed by atoms with Crippen molar-refractivity contribution in [1.82, 2.24) is 4.90 Å². The molecule has 1 heterocycles. The number of nitrogens with zero attached hydrogens (tertiary/aromatic N) is 1. The number of carbonyl (C=O) groups excluding carboxylic acids is 6. The third-order valence-electron chi connectivity index (χ3n) is 11.4. The van der Waals surface area contributed by atoms with E-state index in [1.807, 2.05) is 67.6 Å². The number of furan rings is 1. The molecule has 0 aromatic carbocycles. The van der Waals surface area contributed by atoms with Gasteiger partial charge in [-0.3, -0.25) is 31.3 Å². The second-order valence-corrected chi connectivity index (χ2v) is 18.0. The zero-order valence-corrected chi connectivity index (χ0v) is 64.4. The van der Waals surface area contributed by atoms with Crippen molar-refractivity contribution in [3.63, 3.8) is 0 Å². The number of carbonyl (C=O) groups is 6. The predicted octanol–water partition coefficient (Wildman–Crippen LogP) is 14.4. The van der Waals surface area contributed by atoms with Gasteiger partial charge in [-0.25, -0.2) is 6.08 Å². The van der Waals surface area contributed by atoms with Crippen LogP contribution in [0, 0.1) is 63.3 Å². The Bertz CT molecular complexity index is 2960. The fourth-order valence-electron chi connectivity index (χ4n) is 7.41. The molecular formula is C73H71NO8Y5-10. The quantitative estimate of drug-likeness (QED) is 0.0295. The third-order valence-corrected chi connectivity index (χ3v) is 11.4. The normalized spacial score (nSPS) is 14.6. The summed E-state index contributed by atoms with van der Waals surface area (Å²) in [4.78, 5) is 65.0. The van der Waals surface area contributed by atoms with E-state index in [1.165, 1.54) is 95.4 Å². The molecular weight excluding hydrogens is 1460 g/mol. The SMILES string of the molecule is CC(=O)OC(C)=O.CN(C)CCC(=O)C1=CC=CC1.[CH-]=CC=[C-]C(=O)CCC(=O)C1=CC=CC1.[CH-]=CC=[C-]C1=CC=C(C2=CC=CC2)C1.[CH-]=CC=[C-]C1=CC=C(C2=CC=CC2)C1.[CH-]=CC=[C-]C=O.[CH-]=CC=[C-]c1ccc(C2=CC=CC2)o1.[Y].[Y].[Y].[Y].[Y]. The molecule has 14 heteroatoms. The van der Waals surface area contributed by atoms with E-state index in [-0.39, 0.29) is 194 Å². The molecule has 0 saturated heterocycles. The number of aldehydes is 1. The molecule has 8 rings (SSSR count). The van der Waals surface area contributed by atoms with Crippen LogP contribution in [0.2, 0.25) is 0 Å². The molecule has 0 atom stereocenters. The van der Waals surface area contributed by atoms with Gasteiger partial charge in [0.05, 0.1) is 0 Å².